The molecule has 6 nitrogen and oxygen atoms in total. The van der Waals surface area contributed by atoms with Crippen LogP contribution in [-0.4, -0.2) is 58.7 Å². The number of carbonyl (C=O) groups is 2. The lowest BCUT2D eigenvalue weighted by molar-refractivity contribution is -0.129. The number of amides is 3. The Morgan fingerprint density at radius 3 is 2.70 bits per heavy atom. The van der Waals surface area contributed by atoms with Gasteiger partial charge in [-0.3, -0.25) is 9.69 Å². The summed E-state index contributed by atoms with van der Waals surface area (Å²) < 4.78 is 5.51. The molecule has 23 heavy (non-hydrogen) atoms. The number of aliphatic hydroxyl groups is 1. The minimum Gasteiger partial charge on any atom is -0.491 e. The number of β-amino-alcohol motifs (C(OH)–C–C–N with tert-alkyl or cyclic N) is 1. The molecule has 0 spiro atoms. The van der Waals surface area contributed by atoms with Gasteiger partial charge in [-0.1, -0.05) is 17.7 Å². The Bertz CT molecular complexity index is 563. The highest BCUT2D eigenvalue weighted by molar-refractivity contribution is 6.04. The molecule has 0 aliphatic carbocycles. The van der Waals surface area contributed by atoms with Crippen molar-refractivity contribution in [3.63, 3.8) is 0 Å². The predicted octanol–water partition coefficient (Wildman–Crippen LogP) is 1.55. The molecule has 0 radical (unpaired) electrons. The molecule has 6 heteroatoms. The number of piperidine rings is 1. The monoisotopic (exact) mass is 318 g/mol. The molecule has 3 rings (SSSR count). The normalized spacial score (nSPS) is 22.3. The van der Waals surface area contributed by atoms with Gasteiger partial charge in [0.05, 0.1) is 6.54 Å². The summed E-state index contributed by atoms with van der Waals surface area (Å²) in [6.07, 6.45) is 1.72. The SMILES string of the molecule is Cc1ccc(OC[C@@H](O)CN2C(=O)[C@H]3CCCCN3C2=O)cc1. The van der Waals surface area contributed by atoms with Crippen LogP contribution in [0.5, 0.6) is 5.75 Å². The van der Waals surface area contributed by atoms with E-state index < -0.39 is 6.10 Å². The minimum absolute atomic E-state index is 0.0173. The number of urea groups is 1. The van der Waals surface area contributed by atoms with Gasteiger partial charge < -0.3 is 14.7 Å². The maximum absolute atomic E-state index is 12.3. The van der Waals surface area contributed by atoms with Gasteiger partial charge >= 0.3 is 6.03 Å². The van der Waals surface area contributed by atoms with Gasteiger partial charge in [0.15, 0.2) is 0 Å². The molecule has 1 aromatic carbocycles. The van der Waals surface area contributed by atoms with Gasteiger partial charge in [0.1, 0.15) is 24.5 Å². The third kappa shape index (κ3) is 3.32. The molecule has 2 aliphatic rings. The first-order valence-corrected chi connectivity index (χ1v) is 8.06. The maximum Gasteiger partial charge on any atom is 0.327 e. The highest BCUT2D eigenvalue weighted by Gasteiger charge is 2.46. The molecule has 2 heterocycles. The Labute approximate surface area is 135 Å². The summed E-state index contributed by atoms with van der Waals surface area (Å²) >= 11 is 0. The van der Waals surface area contributed by atoms with Crippen molar-refractivity contribution in [1.82, 2.24) is 9.80 Å². The number of fused-ring (bicyclic) bond motifs is 1. The summed E-state index contributed by atoms with van der Waals surface area (Å²) in [6, 6.07) is 6.89. The van der Waals surface area contributed by atoms with E-state index in [1.165, 1.54) is 4.90 Å². The van der Waals surface area contributed by atoms with E-state index >= 15 is 0 Å². The number of nitrogens with zero attached hydrogens (tertiary/aromatic N) is 2. The van der Waals surface area contributed by atoms with Crippen LogP contribution in [0.2, 0.25) is 0 Å². The fourth-order valence-electron chi connectivity index (χ4n) is 3.10. The van der Waals surface area contributed by atoms with Crippen LogP contribution in [0.15, 0.2) is 24.3 Å². The second-order valence-corrected chi connectivity index (χ2v) is 6.21. The fourth-order valence-corrected chi connectivity index (χ4v) is 3.10. The molecule has 1 N–H and O–H groups in total. The highest BCUT2D eigenvalue weighted by atomic mass is 16.5. The summed E-state index contributed by atoms with van der Waals surface area (Å²) in [5.41, 5.74) is 1.13. The molecule has 2 saturated heterocycles. The van der Waals surface area contributed by atoms with Gasteiger partial charge in [0.2, 0.25) is 0 Å². The van der Waals surface area contributed by atoms with Crippen LogP contribution in [0.3, 0.4) is 0 Å². The number of aryl methyl sites for hydroxylation is 1. The summed E-state index contributed by atoms with van der Waals surface area (Å²) in [6.45, 7) is 2.64. The number of hydrogen-bond donors (Lipinski definition) is 1. The van der Waals surface area contributed by atoms with Crippen molar-refractivity contribution in [3.05, 3.63) is 29.8 Å². The van der Waals surface area contributed by atoms with E-state index in [0.717, 1.165) is 24.8 Å². The van der Waals surface area contributed by atoms with Crippen molar-refractivity contribution in [2.75, 3.05) is 19.7 Å². The number of imide groups is 1. The third-order valence-electron chi connectivity index (χ3n) is 4.39. The Morgan fingerprint density at radius 2 is 2.00 bits per heavy atom. The molecular weight excluding hydrogens is 296 g/mol. The standard InChI is InChI=1S/C17H22N2O4/c1-12-5-7-14(8-6-12)23-11-13(20)10-19-16(21)15-4-2-3-9-18(15)17(19)22/h5-8,13,15,20H,2-4,9-11H2,1H3/t13-,15+/m0/s1. The van der Waals surface area contributed by atoms with Crippen molar-refractivity contribution in [3.8, 4) is 5.75 Å². The summed E-state index contributed by atoms with van der Waals surface area (Å²) in [4.78, 5) is 27.4. The number of benzene rings is 1. The van der Waals surface area contributed by atoms with Crippen LogP contribution in [0, 0.1) is 6.92 Å². The Morgan fingerprint density at radius 1 is 1.26 bits per heavy atom. The van der Waals surface area contributed by atoms with E-state index in [1.54, 1.807) is 4.90 Å². The van der Waals surface area contributed by atoms with E-state index in [9.17, 15) is 14.7 Å². The Hall–Kier alpha value is -2.08. The van der Waals surface area contributed by atoms with Crippen LogP contribution in [0.4, 0.5) is 4.79 Å². The van der Waals surface area contributed by atoms with E-state index in [4.69, 9.17) is 4.74 Å². The first-order chi connectivity index (χ1) is 11.1. The van der Waals surface area contributed by atoms with Crippen molar-refractivity contribution in [2.45, 2.75) is 38.3 Å². The molecular formula is C17H22N2O4. The van der Waals surface area contributed by atoms with Crippen molar-refractivity contribution < 1.29 is 19.4 Å². The number of rotatable bonds is 5. The topological polar surface area (TPSA) is 70.1 Å². The fraction of sp³-hybridized carbons (Fsp3) is 0.529. The second kappa shape index (κ2) is 6.58. The number of hydrogen-bond acceptors (Lipinski definition) is 4. The lowest BCUT2D eigenvalue weighted by atomic mass is 10.0. The smallest absolute Gasteiger partial charge is 0.327 e. The summed E-state index contributed by atoms with van der Waals surface area (Å²) in [5.74, 6) is 0.468. The lowest BCUT2D eigenvalue weighted by Gasteiger charge is -2.26. The second-order valence-electron chi connectivity index (χ2n) is 6.21. The number of aliphatic hydroxyl groups excluding tert-OH is 1. The van der Waals surface area contributed by atoms with E-state index in [0.29, 0.717) is 12.3 Å². The van der Waals surface area contributed by atoms with Gasteiger partial charge in [0, 0.05) is 6.54 Å². The average molecular weight is 318 g/mol. The number of ether oxygens (including phenoxy) is 1. The molecule has 3 amide bonds. The summed E-state index contributed by atoms with van der Waals surface area (Å²) in [5, 5.41) is 10.1. The van der Waals surface area contributed by atoms with Crippen LogP contribution in [0.1, 0.15) is 24.8 Å². The van der Waals surface area contributed by atoms with Gasteiger partial charge in [-0.05, 0) is 38.3 Å². The zero-order valence-corrected chi connectivity index (χ0v) is 13.3. The van der Waals surface area contributed by atoms with Crippen LogP contribution < -0.4 is 4.74 Å². The largest absolute Gasteiger partial charge is 0.491 e. The molecule has 0 unspecified atom stereocenters. The van der Waals surface area contributed by atoms with E-state index in [2.05, 4.69) is 0 Å². The van der Waals surface area contributed by atoms with Crippen LogP contribution in [-0.2, 0) is 4.79 Å². The average Bonchev–Trinajstić information content (AvgIpc) is 2.80. The van der Waals surface area contributed by atoms with Gasteiger partial charge in [-0.15, -0.1) is 0 Å². The molecule has 2 aliphatic heterocycles. The van der Waals surface area contributed by atoms with Gasteiger partial charge in [-0.25, -0.2) is 4.79 Å². The Kier molecular flexibility index (Phi) is 4.52. The molecule has 2 fully saturated rings. The third-order valence-corrected chi connectivity index (χ3v) is 4.39. The van der Waals surface area contributed by atoms with Gasteiger partial charge in [0.25, 0.3) is 5.91 Å². The molecule has 0 bridgehead atoms. The Balaban J connectivity index is 1.55. The quantitative estimate of drug-likeness (QED) is 0.836. The number of carbonyl (C=O) groups excluding carboxylic acids is 2. The van der Waals surface area contributed by atoms with Crippen molar-refractivity contribution >= 4 is 11.9 Å². The van der Waals surface area contributed by atoms with E-state index in [-0.39, 0.29) is 31.1 Å². The molecule has 0 saturated carbocycles. The van der Waals surface area contributed by atoms with Crippen molar-refractivity contribution in [1.29, 1.82) is 0 Å². The molecule has 1 aromatic rings. The first-order valence-electron chi connectivity index (χ1n) is 8.06. The van der Waals surface area contributed by atoms with Gasteiger partial charge in [-0.2, -0.15) is 0 Å². The molecule has 124 valence electrons. The summed E-state index contributed by atoms with van der Waals surface area (Å²) in [7, 11) is 0. The zero-order valence-electron chi connectivity index (χ0n) is 13.3. The first kappa shape index (κ1) is 15.8. The highest BCUT2D eigenvalue weighted by Crippen LogP contribution is 2.26. The minimum atomic E-state index is -0.898. The van der Waals surface area contributed by atoms with E-state index in [1.807, 2.05) is 31.2 Å². The lowest BCUT2D eigenvalue weighted by Crippen LogP contribution is -2.40. The van der Waals surface area contributed by atoms with Crippen molar-refractivity contribution in [2.24, 2.45) is 0 Å². The molecule has 2 atom stereocenters. The predicted molar refractivity (Wildman–Crippen MR) is 84.1 cm³/mol. The molecule has 0 aromatic heterocycles. The van der Waals surface area contributed by atoms with Crippen LogP contribution in [0.25, 0.3) is 0 Å². The maximum atomic E-state index is 12.3. The van der Waals surface area contributed by atoms with Crippen LogP contribution >= 0.6 is 0 Å². The zero-order chi connectivity index (χ0) is 16.4.